The van der Waals surface area contributed by atoms with Gasteiger partial charge in [-0.15, -0.1) is 0 Å². The maximum Gasteiger partial charge on any atom is 0.274 e. The first-order valence-corrected chi connectivity index (χ1v) is 10.4. The summed E-state index contributed by atoms with van der Waals surface area (Å²) in [6.45, 7) is 0. The molecule has 2 aromatic heterocycles. The first kappa shape index (κ1) is 19.5. The lowest BCUT2D eigenvalue weighted by molar-refractivity contribution is -0.121. The van der Waals surface area contributed by atoms with Gasteiger partial charge in [-0.25, -0.2) is 18.8 Å². The summed E-state index contributed by atoms with van der Waals surface area (Å²) in [5.74, 6) is 3.96. The van der Waals surface area contributed by atoms with E-state index in [2.05, 4.69) is 31.8 Å². The van der Waals surface area contributed by atoms with E-state index in [1.54, 1.807) is 53.6 Å². The molecule has 1 amide bonds. The summed E-state index contributed by atoms with van der Waals surface area (Å²) in [6.07, 6.45) is 7.79. The molecule has 0 saturated heterocycles. The molecule has 1 aromatic carbocycles. The number of benzene rings is 1. The Kier molecular flexibility index (Phi) is 4.08. The SMILES string of the molecule is Cn1cnc(C2C(c3c(F)cc(C#Cc4cccnc4)cc3F)=NC3=NC(=O)C4(CC4)N32)c1. The average molecular weight is 442 g/mol. The first-order chi connectivity index (χ1) is 16.0. The zero-order valence-corrected chi connectivity index (χ0v) is 17.5. The second-order valence-corrected chi connectivity index (χ2v) is 8.29. The molecule has 0 N–H and O–H groups in total. The van der Waals surface area contributed by atoms with Crippen molar-refractivity contribution in [2.24, 2.45) is 17.0 Å². The van der Waals surface area contributed by atoms with Crippen LogP contribution in [-0.4, -0.2) is 42.6 Å². The summed E-state index contributed by atoms with van der Waals surface area (Å²) in [5.41, 5.74) is 0.464. The van der Waals surface area contributed by atoms with E-state index in [-0.39, 0.29) is 28.7 Å². The molecule has 2 aliphatic heterocycles. The Bertz CT molecular complexity index is 1420. The van der Waals surface area contributed by atoms with Crippen molar-refractivity contribution in [2.75, 3.05) is 0 Å². The van der Waals surface area contributed by atoms with Gasteiger partial charge in [0.1, 0.15) is 23.2 Å². The second kappa shape index (κ2) is 6.90. The molecule has 4 heterocycles. The lowest BCUT2D eigenvalue weighted by atomic mass is 9.97. The monoisotopic (exact) mass is 442 g/mol. The molecule has 3 aromatic rings. The number of nitrogens with zero attached hydrogens (tertiary/aromatic N) is 6. The van der Waals surface area contributed by atoms with Crippen molar-refractivity contribution in [1.29, 1.82) is 0 Å². The number of amides is 1. The van der Waals surface area contributed by atoms with Crippen molar-refractivity contribution < 1.29 is 13.6 Å². The van der Waals surface area contributed by atoms with Crippen molar-refractivity contribution in [3.05, 3.63) is 83.2 Å². The van der Waals surface area contributed by atoms with Gasteiger partial charge in [-0.3, -0.25) is 9.78 Å². The first-order valence-electron chi connectivity index (χ1n) is 10.4. The number of rotatable bonds is 2. The van der Waals surface area contributed by atoms with E-state index in [1.807, 2.05) is 0 Å². The molecule has 1 aliphatic carbocycles. The molecule has 1 atom stereocenters. The number of imidazole rings is 1. The third-order valence-corrected chi connectivity index (χ3v) is 6.05. The van der Waals surface area contributed by atoms with Crippen LogP contribution in [0.4, 0.5) is 8.78 Å². The average Bonchev–Trinajstić information content (AvgIpc) is 3.26. The van der Waals surface area contributed by atoms with Gasteiger partial charge >= 0.3 is 0 Å². The molecule has 0 radical (unpaired) electrons. The Morgan fingerprint density at radius 2 is 1.88 bits per heavy atom. The summed E-state index contributed by atoms with van der Waals surface area (Å²) in [4.78, 5) is 31.1. The van der Waals surface area contributed by atoms with E-state index < -0.39 is 23.2 Å². The predicted molar refractivity (Wildman–Crippen MR) is 115 cm³/mol. The molecule has 1 fully saturated rings. The maximum absolute atomic E-state index is 15.3. The molecule has 33 heavy (non-hydrogen) atoms. The summed E-state index contributed by atoms with van der Waals surface area (Å²) < 4.78 is 32.3. The minimum atomic E-state index is -0.789. The van der Waals surface area contributed by atoms with Crippen molar-refractivity contribution in [1.82, 2.24) is 19.4 Å². The predicted octanol–water partition coefficient (Wildman–Crippen LogP) is 2.77. The van der Waals surface area contributed by atoms with Crippen LogP contribution in [0.3, 0.4) is 0 Å². The lowest BCUT2D eigenvalue weighted by Gasteiger charge is -2.28. The largest absolute Gasteiger partial charge is 0.340 e. The van der Waals surface area contributed by atoms with Crippen LogP contribution in [0, 0.1) is 23.5 Å². The van der Waals surface area contributed by atoms with Crippen LogP contribution in [0.5, 0.6) is 0 Å². The van der Waals surface area contributed by atoms with Crippen LogP contribution in [0.1, 0.15) is 41.3 Å². The fourth-order valence-electron chi connectivity index (χ4n) is 4.36. The highest BCUT2D eigenvalue weighted by atomic mass is 19.1. The van der Waals surface area contributed by atoms with E-state index in [9.17, 15) is 4.79 Å². The zero-order chi connectivity index (χ0) is 22.7. The number of carbonyl (C=O) groups is 1. The molecular formula is C24H16F2N6O. The van der Waals surface area contributed by atoms with Gasteiger partial charge in [-0.1, -0.05) is 11.8 Å². The highest BCUT2D eigenvalue weighted by Crippen LogP contribution is 2.53. The minimum Gasteiger partial charge on any atom is -0.340 e. The Hall–Kier alpha value is -4.19. The van der Waals surface area contributed by atoms with E-state index in [0.29, 0.717) is 24.1 Å². The van der Waals surface area contributed by atoms with Gasteiger partial charge in [0.25, 0.3) is 5.91 Å². The smallest absolute Gasteiger partial charge is 0.274 e. The van der Waals surface area contributed by atoms with Crippen LogP contribution in [0.15, 0.2) is 59.2 Å². The highest BCUT2D eigenvalue weighted by Gasteiger charge is 2.64. The number of guanidine groups is 1. The molecule has 7 nitrogen and oxygen atoms in total. The van der Waals surface area contributed by atoms with Crippen molar-refractivity contribution in [2.45, 2.75) is 24.4 Å². The lowest BCUT2D eigenvalue weighted by Crippen LogP contribution is -2.42. The number of pyridine rings is 1. The third kappa shape index (κ3) is 2.98. The summed E-state index contributed by atoms with van der Waals surface area (Å²) in [6, 6.07) is 5.15. The normalized spacial score (nSPS) is 19.8. The van der Waals surface area contributed by atoms with E-state index >= 15 is 8.78 Å². The summed E-state index contributed by atoms with van der Waals surface area (Å²) in [5, 5.41) is 0. The number of aromatic nitrogens is 3. The van der Waals surface area contributed by atoms with Gasteiger partial charge in [0.15, 0.2) is 0 Å². The van der Waals surface area contributed by atoms with Crippen molar-refractivity contribution in [3.8, 4) is 11.8 Å². The molecule has 162 valence electrons. The Morgan fingerprint density at radius 1 is 1.12 bits per heavy atom. The van der Waals surface area contributed by atoms with E-state index in [4.69, 9.17) is 0 Å². The zero-order valence-electron chi connectivity index (χ0n) is 17.5. The number of carbonyl (C=O) groups excluding carboxylic acids is 1. The Morgan fingerprint density at radius 3 is 2.52 bits per heavy atom. The molecular weight excluding hydrogens is 426 g/mol. The van der Waals surface area contributed by atoms with E-state index in [0.717, 1.165) is 0 Å². The van der Waals surface area contributed by atoms with Crippen LogP contribution in [0.2, 0.25) is 0 Å². The minimum absolute atomic E-state index is 0.146. The molecule has 1 spiro atoms. The Labute approximate surface area is 187 Å². The van der Waals surface area contributed by atoms with Gasteiger partial charge in [-0.05, 0) is 37.1 Å². The summed E-state index contributed by atoms with van der Waals surface area (Å²) in [7, 11) is 1.80. The third-order valence-electron chi connectivity index (χ3n) is 6.05. The van der Waals surface area contributed by atoms with Crippen molar-refractivity contribution >= 4 is 17.6 Å². The highest BCUT2D eigenvalue weighted by molar-refractivity contribution is 6.21. The van der Waals surface area contributed by atoms with Crippen LogP contribution in [0.25, 0.3) is 0 Å². The number of hydrogen-bond acceptors (Lipinski definition) is 5. The number of aliphatic imine (C=N–C) groups is 2. The van der Waals surface area contributed by atoms with Gasteiger partial charge in [-0.2, -0.15) is 4.99 Å². The van der Waals surface area contributed by atoms with Crippen LogP contribution < -0.4 is 0 Å². The molecule has 1 unspecified atom stereocenters. The molecule has 6 rings (SSSR count). The molecule has 9 heteroatoms. The molecule has 3 aliphatic rings. The number of halogens is 2. The standard InChI is InChI=1S/C24H16F2N6O/c1-31-12-18(28-13-31)21-20(29-23-30-22(33)24(6-7-24)32(21)23)19-16(25)9-15(10-17(19)26)5-4-14-3-2-8-27-11-14/h2-3,8-13,21H,6-7H2,1H3. The van der Waals surface area contributed by atoms with Crippen LogP contribution in [-0.2, 0) is 11.8 Å². The van der Waals surface area contributed by atoms with Crippen molar-refractivity contribution in [3.63, 3.8) is 0 Å². The van der Waals surface area contributed by atoms with Gasteiger partial charge < -0.3 is 9.47 Å². The quantitative estimate of drug-likeness (QED) is 0.572. The van der Waals surface area contributed by atoms with Gasteiger partial charge in [0, 0.05) is 36.8 Å². The maximum atomic E-state index is 15.3. The Balaban J connectivity index is 1.44. The van der Waals surface area contributed by atoms with E-state index in [1.165, 1.54) is 12.1 Å². The van der Waals surface area contributed by atoms with Gasteiger partial charge in [0.05, 0.1) is 23.3 Å². The molecule has 0 bridgehead atoms. The fraction of sp³-hybridized carbons (Fsp3) is 0.208. The fourth-order valence-corrected chi connectivity index (χ4v) is 4.36. The topological polar surface area (TPSA) is 75.7 Å². The number of aryl methyl sites for hydroxylation is 1. The molecule has 1 saturated carbocycles. The van der Waals surface area contributed by atoms with Gasteiger partial charge in [0.2, 0.25) is 5.96 Å². The summed E-state index contributed by atoms with van der Waals surface area (Å²) >= 11 is 0. The second-order valence-electron chi connectivity index (χ2n) is 8.29. The number of hydrogen-bond donors (Lipinski definition) is 0. The van der Waals surface area contributed by atoms with Crippen LogP contribution >= 0.6 is 0 Å². The number of fused-ring (bicyclic) bond motifs is 2.